The lowest BCUT2D eigenvalue weighted by molar-refractivity contribution is -0.913. The lowest BCUT2D eigenvalue weighted by Gasteiger charge is -2.35. The van der Waals surface area contributed by atoms with E-state index in [1.165, 1.54) is 6.42 Å². The zero-order valence-corrected chi connectivity index (χ0v) is 17.3. The molecule has 0 radical (unpaired) electrons. The Morgan fingerprint density at radius 3 is 2.31 bits per heavy atom. The molecule has 1 aliphatic carbocycles. The minimum atomic E-state index is -1.50. The Labute approximate surface area is 166 Å². The first-order chi connectivity index (χ1) is 11.9. The van der Waals surface area contributed by atoms with Crippen LogP contribution in [-0.2, 0) is 15.1 Å². The Morgan fingerprint density at radius 2 is 1.77 bits per heavy atom. The zero-order valence-electron chi connectivity index (χ0n) is 15.7. The number of ether oxygens (including phenoxy) is 1. The Morgan fingerprint density at radius 1 is 1.12 bits per heavy atom. The van der Waals surface area contributed by atoms with E-state index in [1.54, 1.807) is 0 Å². The van der Waals surface area contributed by atoms with E-state index in [0.29, 0.717) is 17.6 Å². The molecule has 4 nitrogen and oxygen atoms in total. The number of quaternary nitrogens is 1. The van der Waals surface area contributed by atoms with Gasteiger partial charge in [0.1, 0.15) is 6.04 Å². The number of halogens is 1. The van der Waals surface area contributed by atoms with Gasteiger partial charge in [0.15, 0.2) is 11.7 Å². The molecule has 0 amide bonds. The largest absolute Gasteiger partial charge is 1.00 e. The summed E-state index contributed by atoms with van der Waals surface area (Å²) in [7, 11) is 4.49. The van der Waals surface area contributed by atoms with Gasteiger partial charge in [0.2, 0.25) is 0 Å². The number of fused-ring (bicyclic) bond motifs is 2. The van der Waals surface area contributed by atoms with Gasteiger partial charge in [0.05, 0.1) is 20.1 Å². The molecule has 1 N–H and O–H groups in total. The molecule has 0 spiro atoms. The van der Waals surface area contributed by atoms with Gasteiger partial charge >= 0.3 is 5.97 Å². The summed E-state index contributed by atoms with van der Waals surface area (Å²) >= 11 is 0. The molecule has 1 aromatic rings. The average Bonchev–Trinajstić information content (AvgIpc) is 3.30. The summed E-state index contributed by atoms with van der Waals surface area (Å²) in [6.07, 6.45) is 7.13. The van der Waals surface area contributed by atoms with Crippen molar-refractivity contribution < 1.29 is 36.1 Å². The molecule has 2 bridgehead atoms. The van der Waals surface area contributed by atoms with E-state index < -0.39 is 11.6 Å². The van der Waals surface area contributed by atoms with Crippen LogP contribution in [0.25, 0.3) is 0 Å². The third-order valence-corrected chi connectivity index (χ3v) is 7.25. The molecule has 4 rings (SSSR count). The van der Waals surface area contributed by atoms with Crippen molar-refractivity contribution >= 4 is 5.97 Å². The van der Waals surface area contributed by atoms with Gasteiger partial charge in [-0.25, -0.2) is 4.79 Å². The number of aliphatic hydroxyl groups is 1. The lowest BCUT2D eigenvalue weighted by atomic mass is 9.80. The van der Waals surface area contributed by atoms with Crippen molar-refractivity contribution in [1.82, 2.24) is 0 Å². The Balaban J connectivity index is 0.00000196. The lowest BCUT2D eigenvalue weighted by Crippen LogP contribution is -3.00. The molecule has 2 saturated heterocycles. The minimum Gasteiger partial charge on any atom is -1.00 e. The van der Waals surface area contributed by atoms with Gasteiger partial charge in [0.25, 0.3) is 0 Å². The number of nitrogens with zero attached hydrogens (tertiary/aromatic N) is 1. The van der Waals surface area contributed by atoms with Crippen molar-refractivity contribution in [2.45, 2.75) is 68.7 Å². The first-order valence-corrected chi connectivity index (χ1v) is 9.76. The standard InChI is InChI=1S/C21H30NO3.BrH/c1-22(2)17-12-13-18(22)19(14-17)25-20(23)21(24,16-10-6-7-11-16)15-8-4-3-5-9-15;/h3-5,8-9,16-19,24H,6-7,10-14H2,1-2H3;1H/q+1;/p-1/t17?,18?,19-,21-;/m1./s1. The highest BCUT2D eigenvalue weighted by atomic mass is 79.9. The van der Waals surface area contributed by atoms with E-state index in [9.17, 15) is 9.90 Å². The van der Waals surface area contributed by atoms with Crippen LogP contribution >= 0.6 is 0 Å². The van der Waals surface area contributed by atoms with Crippen LogP contribution in [0.4, 0.5) is 0 Å². The molecular weight excluding hydrogens is 394 g/mol. The number of carbonyl (C=O) groups excluding carboxylic acids is 1. The molecule has 2 unspecified atom stereocenters. The Kier molecular flexibility index (Phi) is 5.53. The number of hydrogen-bond acceptors (Lipinski definition) is 3. The Hall–Kier alpha value is -0.910. The van der Waals surface area contributed by atoms with Crippen LogP contribution in [-0.4, -0.2) is 47.8 Å². The molecule has 1 saturated carbocycles. The zero-order chi connectivity index (χ0) is 17.7. The van der Waals surface area contributed by atoms with Crippen molar-refractivity contribution in [3.8, 4) is 0 Å². The summed E-state index contributed by atoms with van der Waals surface area (Å²) in [5, 5.41) is 11.5. The predicted molar refractivity (Wildman–Crippen MR) is 95.7 cm³/mol. The summed E-state index contributed by atoms with van der Waals surface area (Å²) in [6, 6.07) is 10.4. The first-order valence-electron chi connectivity index (χ1n) is 9.76. The molecule has 0 aromatic heterocycles. The van der Waals surface area contributed by atoms with Crippen molar-refractivity contribution in [3.63, 3.8) is 0 Å². The summed E-state index contributed by atoms with van der Waals surface area (Å²) in [5.41, 5.74) is -0.819. The van der Waals surface area contributed by atoms with Crippen LogP contribution in [0.2, 0.25) is 0 Å². The van der Waals surface area contributed by atoms with Crippen LogP contribution in [0.1, 0.15) is 50.5 Å². The van der Waals surface area contributed by atoms with Crippen LogP contribution in [0.5, 0.6) is 0 Å². The fourth-order valence-electron chi connectivity index (χ4n) is 5.64. The first kappa shape index (κ1) is 19.8. The molecule has 5 heteroatoms. The van der Waals surface area contributed by atoms with Gasteiger partial charge in [-0.15, -0.1) is 0 Å². The van der Waals surface area contributed by atoms with E-state index in [1.807, 2.05) is 30.3 Å². The second-order valence-electron chi connectivity index (χ2n) is 8.72. The maximum Gasteiger partial charge on any atom is 0.343 e. The van der Waals surface area contributed by atoms with E-state index in [2.05, 4.69) is 14.1 Å². The second kappa shape index (κ2) is 7.25. The summed E-state index contributed by atoms with van der Waals surface area (Å²) in [5.74, 6) is -0.466. The third-order valence-electron chi connectivity index (χ3n) is 7.25. The highest BCUT2D eigenvalue weighted by Crippen LogP contribution is 2.46. The fraction of sp³-hybridized carbons (Fsp3) is 0.667. The molecule has 3 fully saturated rings. The highest BCUT2D eigenvalue weighted by molar-refractivity contribution is 5.82. The van der Waals surface area contributed by atoms with Crippen molar-refractivity contribution in [2.24, 2.45) is 5.92 Å². The van der Waals surface area contributed by atoms with E-state index in [0.717, 1.165) is 43.0 Å². The average molecular weight is 424 g/mol. The summed E-state index contributed by atoms with van der Waals surface area (Å²) in [4.78, 5) is 13.2. The van der Waals surface area contributed by atoms with Crippen molar-refractivity contribution in [3.05, 3.63) is 35.9 Å². The molecule has 4 atom stereocenters. The normalized spacial score (nSPS) is 32.0. The maximum absolute atomic E-state index is 13.2. The molecular formula is C21H30BrNO3. The summed E-state index contributed by atoms with van der Waals surface area (Å²) < 4.78 is 6.96. The predicted octanol–water partition coefficient (Wildman–Crippen LogP) is -0.00870. The van der Waals surface area contributed by atoms with E-state index in [-0.39, 0.29) is 29.0 Å². The van der Waals surface area contributed by atoms with Crippen LogP contribution in [0.3, 0.4) is 0 Å². The van der Waals surface area contributed by atoms with Crippen molar-refractivity contribution in [2.75, 3.05) is 14.1 Å². The topological polar surface area (TPSA) is 46.5 Å². The quantitative estimate of drug-likeness (QED) is 0.547. The molecule has 3 aliphatic rings. The Bertz CT molecular complexity index is 644. The molecule has 2 heterocycles. The van der Waals surface area contributed by atoms with Gasteiger partial charge < -0.3 is 31.3 Å². The van der Waals surface area contributed by atoms with Crippen LogP contribution < -0.4 is 17.0 Å². The fourth-order valence-corrected chi connectivity index (χ4v) is 5.64. The second-order valence-corrected chi connectivity index (χ2v) is 8.72. The van der Waals surface area contributed by atoms with E-state index >= 15 is 0 Å². The number of carbonyl (C=O) groups is 1. The number of esters is 1. The number of likely N-dealkylation sites (N-methyl/N-ethyl adjacent to an activating group) is 1. The van der Waals surface area contributed by atoms with Crippen molar-refractivity contribution in [1.29, 1.82) is 0 Å². The smallest absolute Gasteiger partial charge is 0.343 e. The highest BCUT2D eigenvalue weighted by Gasteiger charge is 2.58. The van der Waals surface area contributed by atoms with Crippen LogP contribution in [0.15, 0.2) is 30.3 Å². The number of rotatable bonds is 4. The molecule has 1 aromatic carbocycles. The molecule has 2 aliphatic heterocycles. The number of benzene rings is 1. The van der Waals surface area contributed by atoms with Crippen LogP contribution in [0, 0.1) is 5.92 Å². The third kappa shape index (κ3) is 3.02. The van der Waals surface area contributed by atoms with Gasteiger partial charge in [-0.05, 0) is 18.4 Å². The molecule has 26 heavy (non-hydrogen) atoms. The molecule has 144 valence electrons. The minimum absolute atomic E-state index is 0. The SMILES string of the molecule is C[N+]1(C)C2CCC1[C@H](OC(=O)[C@@](O)(c1ccccc1)C1CCCC1)C2.[Br-]. The van der Waals surface area contributed by atoms with Gasteiger partial charge in [0, 0.05) is 25.2 Å². The van der Waals surface area contributed by atoms with E-state index in [4.69, 9.17) is 4.74 Å². The van der Waals surface area contributed by atoms with Gasteiger partial charge in [-0.2, -0.15) is 0 Å². The van der Waals surface area contributed by atoms with Gasteiger partial charge in [-0.1, -0.05) is 43.2 Å². The van der Waals surface area contributed by atoms with Gasteiger partial charge in [-0.3, -0.25) is 0 Å². The maximum atomic E-state index is 13.2. The number of hydrogen-bond donors (Lipinski definition) is 1. The monoisotopic (exact) mass is 423 g/mol. The summed E-state index contributed by atoms with van der Waals surface area (Å²) in [6.45, 7) is 0.